The van der Waals surface area contributed by atoms with Gasteiger partial charge in [-0.15, -0.1) is 0 Å². The lowest BCUT2D eigenvalue weighted by atomic mass is 10.3. The Labute approximate surface area is 95.1 Å². The highest BCUT2D eigenvalue weighted by molar-refractivity contribution is 5.10. The molecular formula is C13H26N2. The number of allylic oxidation sites excluding steroid dienone is 2. The summed E-state index contributed by atoms with van der Waals surface area (Å²) in [6, 6.07) is 0. The van der Waals surface area contributed by atoms with Gasteiger partial charge >= 0.3 is 0 Å². The molecule has 0 aliphatic carbocycles. The predicted molar refractivity (Wildman–Crippen MR) is 71.2 cm³/mol. The average Bonchev–Trinajstić information content (AvgIpc) is 2.69. The molecule has 0 fully saturated rings. The van der Waals surface area contributed by atoms with Crippen molar-refractivity contribution >= 4 is 0 Å². The molecule has 0 unspecified atom stereocenters. The molecular weight excluding hydrogens is 184 g/mol. The van der Waals surface area contributed by atoms with Crippen molar-refractivity contribution in [2.75, 3.05) is 0 Å². The monoisotopic (exact) mass is 210 g/mol. The molecule has 0 bridgehead atoms. The third-order valence-corrected chi connectivity index (χ3v) is 1.25. The smallest absolute Gasteiger partial charge is 0.0519 e. The Kier molecular flexibility index (Phi) is 23.8. The SMILES string of the molecule is C=CC=C.CC.CC.Cc1cn[nH]c1C. The highest BCUT2D eigenvalue weighted by Gasteiger charge is 1.87. The maximum atomic E-state index is 3.80. The first kappa shape index (κ1) is 19.3. The molecule has 1 N–H and O–H groups in total. The Balaban J connectivity index is -0.000000156. The summed E-state index contributed by atoms with van der Waals surface area (Å²) in [6.07, 6.45) is 5.09. The maximum absolute atomic E-state index is 3.80. The van der Waals surface area contributed by atoms with Gasteiger partial charge in [0.2, 0.25) is 0 Å². The highest BCUT2D eigenvalue weighted by atomic mass is 15.1. The minimum absolute atomic E-state index is 1.15. The van der Waals surface area contributed by atoms with Gasteiger partial charge in [-0.1, -0.05) is 53.0 Å². The molecule has 0 saturated heterocycles. The van der Waals surface area contributed by atoms with E-state index in [1.165, 1.54) is 5.56 Å². The summed E-state index contributed by atoms with van der Waals surface area (Å²) >= 11 is 0. The summed E-state index contributed by atoms with van der Waals surface area (Å²) in [5, 5.41) is 6.61. The molecule has 1 heterocycles. The zero-order valence-corrected chi connectivity index (χ0v) is 11.1. The Bertz CT molecular complexity index is 202. The van der Waals surface area contributed by atoms with Crippen LogP contribution in [0.2, 0.25) is 0 Å². The predicted octanol–water partition coefficient (Wildman–Crippen LogP) is 4.44. The van der Waals surface area contributed by atoms with Crippen molar-refractivity contribution in [3.63, 3.8) is 0 Å². The molecule has 0 radical (unpaired) electrons. The Morgan fingerprint density at radius 1 is 1.07 bits per heavy atom. The second-order valence-corrected chi connectivity index (χ2v) is 2.15. The van der Waals surface area contributed by atoms with Gasteiger partial charge < -0.3 is 0 Å². The first-order valence-electron chi connectivity index (χ1n) is 5.42. The fourth-order valence-electron chi connectivity index (χ4n) is 0.411. The van der Waals surface area contributed by atoms with E-state index in [0.717, 1.165) is 5.69 Å². The molecule has 1 aromatic heterocycles. The van der Waals surface area contributed by atoms with E-state index in [1.54, 1.807) is 12.2 Å². The van der Waals surface area contributed by atoms with Crippen LogP contribution in [0.1, 0.15) is 39.0 Å². The van der Waals surface area contributed by atoms with Crippen molar-refractivity contribution < 1.29 is 0 Å². The van der Waals surface area contributed by atoms with Crippen molar-refractivity contribution in [2.24, 2.45) is 0 Å². The first-order valence-corrected chi connectivity index (χ1v) is 5.42. The lowest BCUT2D eigenvalue weighted by Gasteiger charge is -1.78. The number of aromatic amines is 1. The van der Waals surface area contributed by atoms with Crippen molar-refractivity contribution in [1.82, 2.24) is 10.2 Å². The number of hydrogen-bond acceptors (Lipinski definition) is 1. The summed E-state index contributed by atoms with van der Waals surface area (Å²) in [5.74, 6) is 0. The third-order valence-electron chi connectivity index (χ3n) is 1.25. The van der Waals surface area contributed by atoms with Crippen LogP contribution < -0.4 is 0 Å². The van der Waals surface area contributed by atoms with E-state index < -0.39 is 0 Å². The quantitative estimate of drug-likeness (QED) is 0.682. The van der Waals surface area contributed by atoms with E-state index in [-0.39, 0.29) is 0 Å². The first-order chi connectivity index (χ1) is 7.22. The van der Waals surface area contributed by atoms with Gasteiger partial charge in [-0.05, 0) is 19.4 Å². The second-order valence-electron chi connectivity index (χ2n) is 2.15. The van der Waals surface area contributed by atoms with Gasteiger partial charge in [-0.25, -0.2) is 0 Å². The maximum Gasteiger partial charge on any atom is 0.0519 e. The van der Waals surface area contributed by atoms with Crippen LogP contribution in [0.4, 0.5) is 0 Å². The number of rotatable bonds is 1. The summed E-state index contributed by atoms with van der Waals surface area (Å²) in [5.41, 5.74) is 2.38. The van der Waals surface area contributed by atoms with Crippen LogP contribution in [0.3, 0.4) is 0 Å². The van der Waals surface area contributed by atoms with Crippen molar-refractivity contribution in [1.29, 1.82) is 0 Å². The molecule has 0 amide bonds. The molecule has 0 aliphatic rings. The Morgan fingerprint density at radius 2 is 1.47 bits per heavy atom. The van der Waals surface area contributed by atoms with E-state index in [1.807, 2.05) is 47.7 Å². The van der Waals surface area contributed by atoms with Crippen molar-refractivity contribution in [3.8, 4) is 0 Å². The summed E-state index contributed by atoms with van der Waals surface area (Å²) in [4.78, 5) is 0. The molecule has 0 saturated carbocycles. The third kappa shape index (κ3) is 15.4. The van der Waals surface area contributed by atoms with Gasteiger partial charge in [0.1, 0.15) is 0 Å². The van der Waals surface area contributed by atoms with Crippen LogP contribution in [-0.4, -0.2) is 10.2 Å². The fraction of sp³-hybridized carbons (Fsp3) is 0.462. The molecule has 1 rings (SSSR count). The van der Waals surface area contributed by atoms with E-state index in [0.29, 0.717) is 0 Å². The fourth-order valence-corrected chi connectivity index (χ4v) is 0.411. The normalized spacial score (nSPS) is 6.53. The number of nitrogens with one attached hydrogen (secondary N) is 1. The van der Waals surface area contributed by atoms with Gasteiger partial charge in [0.05, 0.1) is 6.20 Å². The zero-order chi connectivity index (χ0) is 12.7. The summed E-state index contributed by atoms with van der Waals surface area (Å²) < 4.78 is 0. The molecule has 0 aliphatic heterocycles. The van der Waals surface area contributed by atoms with Crippen LogP contribution in [-0.2, 0) is 0 Å². The van der Waals surface area contributed by atoms with Crippen molar-refractivity contribution in [3.05, 3.63) is 42.8 Å². The molecule has 0 spiro atoms. The van der Waals surface area contributed by atoms with Crippen molar-refractivity contribution in [2.45, 2.75) is 41.5 Å². The van der Waals surface area contributed by atoms with Gasteiger partial charge in [0, 0.05) is 5.69 Å². The van der Waals surface area contributed by atoms with E-state index in [9.17, 15) is 0 Å². The second kappa shape index (κ2) is 18.5. The molecule has 2 heteroatoms. The van der Waals surface area contributed by atoms with Gasteiger partial charge in [0.15, 0.2) is 0 Å². The summed E-state index contributed by atoms with van der Waals surface area (Å²) in [6.45, 7) is 18.8. The molecule has 15 heavy (non-hydrogen) atoms. The number of aromatic nitrogens is 2. The molecule has 0 atom stereocenters. The highest BCUT2D eigenvalue weighted by Crippen LogP contribution is 1.96. The average molecular weight is 210 g/mol. The molecule has 1 aromatic rings. The minimum atomic E-state index is 1.15. The zero-order valence-electron chi connectivity index (χ0n) is 11.1. The topological polar surface area (TPSA) is 28.7 Å². The van der Waals surface area contributed by atoms with E-state index >= 15 is 0 Å². The lowest BCUT2D eigenvalue weighted by molar-refractivity contribution is 1.04. The minimum Gasteiger partial charge on any atom is -0.283 e. The van der Waals surface area contributed by atoms with Crippen LogP contribution in [0, 0.1) is 13.8 Å². The van der Waals surface area contributed by atoms with E-state index in [4.69, 9.17) is 0 Å². The molecule has 2 nitrogen and oxygen atoms in total. The Hall–Kier alpha value is -1.31. The lowest BCUT2D eigenvalue weighted by Crippen LogP contribution is -1.70. The van der Waals surface area contributed by atoms with Crippen LogP contribution in [0.25, 0.3) is 0 Å². The van der Waals surface area contributed by atoms with Gasteiger partial charge in [-0.2, -0.15) is 5.10 Å². The van der Waals surface area contributed by atoms with Gasteiger partial charge in [0.25, 0.3) is 0 Å². The van der Waals surface area contributed by atoms with Gasteiger partial charge in [-0.3, -0.25) is 5.10 Å². The van der Waals surface area contributed by atoms with Crippen LogP contribution in [0.15, 0.2) is 31.5 Å². The number of hydrogen-bond donors (Lipinski definition) is 1. The number of H-pyrrole nitrogens is 1. The Morgan fingerprint density at radius 3 is 1.53 bits per heavy atom. The standard InChI is InChI=1S/C5H8N2.C4H6.2C2H6/c1-4-3-6-7-5(4)2;1-3-4-2;2*1-2/h3H,1-2H3,(H,6,7);3-4H,1-2H2;2*1-2H3. The number of nitrogens with zero attached hydrogens (tertiary/aromatic N) is 1. The summed E-state index contributed by atoms with van der Waals surface area (Å²) in [7, 11) is 0. The largest absolute Gasteiger partial charge is 0.283 e. The molecule has 88 valence electrons. The van der Waals surface area contributed by atoms with Crippen LogP contribution >= 0.6 is 0 Å². The number of aryl methyl sites for hydroxylation is 2. The van der Waals surface area contributed by atoms with E-state index in [2.05, 4.69) is 23.4 Å². The molecule has 0 aromatic carbocycles. The van der Waals surface area contributed by atoms with Crippen LogP contribution in [0.5, 0.6) is 0 Å².